The molecule has 1 saturated heterocycles. The van der Waals surface area contributed by atoms with Crippen molar-refractivity contribution in [3.05, 3.63) is 55.0 Å². The number of rotatable bonds is 3. The maximum atomic E-state index is 4.58. The Labute approximate surface area is 179 Å². The monoisotopic (exact) mass is 410 g/mol. The van der Waals surface area contributed by atoms with Gasteiger partial charge in [0.25, 0.3) is 0 Å². The van der Waals surface area contributed by atoms with E-state index >= 15 is 0 Å². The van der Waals surface area contributed by atoms with Gasteiger partial charge >= 0.3 is 0 Å². The van der Waals surface area contributed by atoms with Gasteiger partial charge in [-0.3, -0.25) is 15.1 Å². The summed E-state index contributed by atoms with van der Waals surface area (Å²) in [4.78, 5) is 21.8. The second kappa shape index (κ2) is 7.17. The lowest BCUT2D eigenvalue weighted by atomic mass is 10.1. The van der Waals surface area contributed by atoms with E-state index in [2.05, 4.69) is 59.1 Å². The maximum Gasteiger partial charge on any atom is 0.139 e. The predicted molar refractivity (Wildman–Crippen MR) is 122 cm³/mol. The van der Waals surface area contributed by atoms with Gasteiger partial charge in [0.05, 0.1) is 28.8 Å². The van der Waals surface area contributed by atoms with E-state index in [9.17, 15) is 0 Å². The normalized spacial score (nSPS) is 15.2. The number of likely N-dealkylation sites (N-methyl/N-ethyl adjacent to an activating group) is 1. The van der Waals surface area contributed by atoms with E-state index in [1.165, 1.54) is 5.69 Å². The molecular formula is C23H22N8. The molecule has 2 N–H and O–H groups in total. The summed E-state index contributed by atoms with van der Waals surface area (Å²) in [6.45, 7) is 4.16. The number of aromatic amines is 2. The predicted octanol–water partition coefficient (Wildman–Crippen LogP) is 3.32. The molecule has 0 amide bonds. The van der Waals surface area contributed by atoms with Crippen LogP contribution >= 0.6 is 0 Å². The smallest absolute Gasteiger partial charge is 0.139 e. The van der Waals surface area contributed by atoms with Crippen LogP contribution < -0.4 is 4.90 Å². The van der Waals surface area contributed by atoms with Crippen LogP contribution in [-0.2, 0) is 0 Å². The number of hydrogen-bond acceptors (Lipinski definition) is 6. The third-order valence-corrected chi connectivity index (χ3v) is 5.98. The van der Waals surface area contributed by atoms with Crippen molar-refractivity contribution in [3.8, 4) is 22.8 Å². The molecule has 1 aliphatic rings. The first-order chi connectivity index (χ1) is 15.3. The molecule has 0 unspecified atom stereocenters. The Morgan fingerprint density at radius 3 is 2.61 bits per heavy atom. The Balaban J connectivity index is 1.44. The number of piperazine rings is 1. The van der Waals surface area contributed by atoms with Gasteiger partial charge in [-0.1, -0.05) is 6.07 Å². The summed E-state index contributed by atoms with van der Waals surface area (Å²) >= 11 is 0. The van der Waals surface area contributed by atoms with Crippen LogP contribution in [0.25, 0.3) is 44.7 Å². The number of anilines is 1. The lowest BCUT2D eigenvalue weighted by Gasteiger charge is -2.34. The summed E-state index contributed by atoms with van der Waals surface area (Å²) in [5, 5.41) is 9.81. The van der Waals surface area contributed by atoms with E-state index in [-0.39, 0.29) is 0 Å². The molecule has 8 heteroatoms. The first-order valence-electron chi connectivity index (χ1n) is 10.4. The number of nitrogens with zero attached hydrogens (tertiary/aromatic N) is 6. The Bertz CT molecular complexity index is 1360. The molecule has 5 aromatic rings. The first kappa shape index (κ1) is 18.0. The van der Waals surface area contributed by atoms with Crippen molar-refractivity contribution in [1.29, 1.82) is 0 Å². The Morgan fingerprint density at radius 1 is 0.871 bits per heavy atom. The SMILES string of the molecule is CN1CCN(c2ccnc3[nH]c(-c4n[nH]c5cnc(-c6ccccn6)cc45)cc23)CC1. The Hall–Kier alpha value is -3.78. The molecule has 0 bridgehead atoms. The average molecular weight is 410 g/mol. The fourth-order valence-corrected chi connectivity index (χ4v) is 4.24. The molecule has 154 valence electrons. The lowest BCUT2D eigenvalue weighted by Crippen LogP contribution is -2.44. The van der Waals surface area contributed by atoms with E-state index in [1.807, 2.05) is 36.7 Å². The quantitative estimate of drug-likeness (QED) is 0.474. The number of fused-ring (bicyclic) bond motifs is 2. The van der Waals surface area contributed by atoms with Crippen molar-refractivity contribution in [3.63, 3.8) is 0 Å². The second-order valence-corrected chi connectivity index (χ2v) is 7.97. The zero-order chi connectivity index (χ0) is 20.8. The summed E-state index contributed by atoms with van der Waals surface area (Å²) in [5.41, 5.74) is 6.44. The molecule has 0 spiro atoms. The fourth-order valence-electron chi connectivity index (χ4n) is 4.24. The molecule has 8 nitrogen and oxygen atoms in total. The molecule has 0 radical (unpaired) electrons. The van der Waals surface area contributed by atoms with Gasteiger partial charge in [0.1, 0.15) is 11.3 Å². The van der Waals surface area contributed by atoms with Crippen LogP contribution in [0, 0.1) is 0 Å². The highest BCUT2D eigenvalue weighted by molar-refractivity contribution is 5.99. The van der Waals surface area contributed by atoms with Crippen LogP contribution in [0.1, 0.15) is 0 Å². The summed E-state index contributed by atoms with van der Waals surface area (Å²) in [6.07, 6.45) is 5.47. The van der Waals surface area contributed by atoms with E-state index in [4.69, 9.17) is 0 Å². The average Bonchev–Trinajstić information content (AvgIpc) is 3.43. The number of nitrogens with one attached hydrogen (secondary N) is 2. The molecule has 6 rings (SSSR count). The van der Waals surface area contributed by atoms with Crippen LogP contribution in [0.15, 0.2) is 55.0 Å². The van der Waals surface area contributed by atoms with Gasteiger partial charge in [0.2, 0.25) is 0 Å². The molecule has 5 aromatic heterocycles. The largest absolute Gasteiger partial charge is 0.368 e. The van der Waals surface area contributed by atoms with Crippen molar-refractivity contribution in [2.24, 2.45) is 0 Å². The van der Waals surface area contributed by atoms with Gasteiger partial charge in [-0.15, -0.1) is 0 Å². The standard InChI is InChI=1S/C23H22N8/c1-30-8-10-31(11-9-30)21-5-7-25-23-16(21)13-19(27-23)22-15-12-18(17-4-2-3-6-24-17)26-14-20(15)28-29-22/h2-7,12-14H,8-11H2,1H3,(H,25,27)(H,28,29). The number of aromatic nitrogens is 6. The molecule has 1 fully saturated rings. The summed E-state index contributed by atoms with van der Waals surface area (Å²) in [5.74, 6) is 0. The van der Waals surface area contributed by atoms with Gasteiger partial charge in [0, 0.05) is 55.0 Å². The second-order valence-electron chi connectivity index (χ2n) is 7.97. The Kier molecular flexibility index (Phi) is 4.17. The lowest BCUT2D eigenvalue weighted by molar-refractivity contribution is 0.313. The number of hydrogen-bond donors (Lipinski definition) is 2. The van der Waals surface area contributed by atoms with E-state index in [0.29, 0.717) is 0 Å². The highest BCUT2D eigenvalue weighted by Crippen LogP contribution is 2.33. The highest BCUT2D eigenvalue weighted by Gasteiger charge is 2.19. The first-order valence-corrected chi connectivity index (χ1v) is 10.4. The van der Waals surface area contributed by atoms with Crippen LogP contribution in [0.4, 0.5) is 5.69 Å². The molecular weight excluding hydrogens is 388 g/mol. The van der Waals surface area contributed by atoms with Crippen LogP contribution in [0.5, 0.6) is 0 Å². The topological polar surface area (TPSA) is 89.6 Å². The molecule has 0 aliphatic carbocycles. The third kappa shape index (κ3) is 3.12. The van der Waals surface area contributed by atoms with Gasteiger partial charge in [-0.25, -0.2) is 4.98 Å². The number of pyridine rings is 3. The summed E-state index contributed by atoms with van der Waals surface area (Å²) in [7, 11) is 2.17. The summed E-state index contributed by atoms with van der Waals surface area (Å²) in [6, 6.07) is 12.1. The minimum atomic E-state index is 0.822. The van der Waals surface area contributed by atoms with Gasteiger partial charge in [0.15, 0.2) is 0 Å². The van der Waals surface area contributed by atoms with Crippen molar-refractivity contribution < 1.29 is 0 Å². The van der Waals surface area contributed by atoms with Crippen molar-refractivity contribution in [2.45, 2.75) is 0 Å². The molecule has 1 aliphatic heterocycles. The molecule has 0 aromatic carbocycles. The van der Waals surface area contributed by atoms with Crippen LogP contribution in [-0.4, -0.2) is 68.3 Å². The minimum absolute atomic E-state index is 0.822. The molecule has 6 heterocycles. The zero-order valence-corrected chi connectivity index (χ0v) is 17.2. The third-order valence-electron chi connectivity index (χ3n) is 5.98. The highest BCUT2D eigenvalue weighted by atomic mass is 15.2. The van der Waals surface area contributed by atoms with Gasteiger partial charge in [-0.2, -0.15) is 5.10 Å². The van der Waals surface area contributed by atoms with Crippen molar-refractivity contribution >= 4 is 27.6 Å². The van der Waals surface area contributed by atoms with Crippen LogP contribution in [0.3, 0.4) is 0 Å². The van der Waals surface area contributed by atoms with E-state index in [1.54, 1.807) is 6.20 Å². The van der Waals surface area contributed by atoms with Crippen molar-refractivity contribution in [2.75, 3.05) is 38.1 Å². The van der Waals surface area contributed by atoms with Gasteiger partial charge < -0.3 is 14.8 Å². The minimum Gasteiger partial charge on any atom is -0.368 e. The Morgan fingerprint density at radius 2 is 1.77 bits per heavy atom. The molecule has 31 heavy (non-hydrogen) atoms. The van der Waals surface area contributed by atoms with Crippen LogP contribution in [0.2, 0.25) is 0 Å². The van der Waals surface area contributed by atoms with E-state index < -0.39 is 0 Å². The van der Waals surface area contributed by atoms with E-state index in [0.717, 1.165) is 70.9 Å². The van der Waals surface area contributed by atoms with Crippen molar-refractivity contribution in [1.82, 2.24) is 35.0 Å². The number of H-pyrrole nitrogens is 2. The zero-order valence-electron chi connectivity index (χ0n) is 17.2. The fraction of sp³-hybridized carbons (Fsp3) is 0.217. The van der Waals surface area contributed by atoms with Gasteiger partial charge in [-0.05, 0) is 37.4 Å². The summed E-state index contributed by atoms with van der Waals surface area (Å²) < 4.78 is 0. The molecule has 0 saturated carbocycles. The molecule has 0 atom stereocenters. The maximum absolute atomic E-state index is 4.58.